The number of nitrogens with zero attached hydrogens (tertiary/aromatic N) is 1. The topological polar surface area (TPSA) is 55.6 Å². The maximum atomic E-state index is 12.7. The zero-order valence-electron chi connectivity index (χ0n) is 11.4. The Labute approximate surface area is 113 Å². The smallest absolute Gasteiger partial charge is 0.222 e. The molecule has 1 unspecified atom stereocenters. The molecule has 1 atom stereocenters. The molecule has 0 aliphatic heterocycles. The number of carbonyl (C=O) groups excluding carboxylic acids is 1. The highest BCUT2D eigenvalue weighted by Gasteiger charge is 2.13. The van der Waals surface area contributed by atoms with Gasteiger partial charge < -0.3 is 15.4 Å². The lowest BCUT2D eigenvalue weighted by atomic mass is 10.2. The van der Waals surface area contributed by atoms with Gasteiger partial charge in [0.1, 0.15) is 11.6 Å². The van der Waals surface area contributed by atoms with E-state index in [0.717, 1.165) is 0 Å². The second-order valence-electron chi connectivity index (χ2n) is 4.50. The third kappa shape index (κ3) is 5.26. The van der Waals surface area contributed by atoms with Gasteiger partial charge in [0.25, 0.3) is 0 Å². The Balaban J connectivity index is 2.23. The van der Waals surface area contributed by atoms with Crippen LogP contribution in [-0.4, -0.2) is 37.0 Å². The number of ether oxygens (including phenoxy) is 1. The molecule has 1 rings (SSSR count). The second-order valence-corrected chi connectivity index (χ2v) is 4.50. The Kier molecular flexibility index (Phi) is 6.29. The van der Waals surface area contributed by atoms with E-state index in [1.807, 2.05) is 6.92 Å². The third-order valence-electron chi connectivity index (χ3n) is 3.01. The molecule has 0 aromatic heterocycles. The lowest BCUT2D eigenvalue weighted by molar-refractivity contribution is -0.131. The van der Waals surface area contributed by atoms with E-state index in [4.69, 9.17) is 10.5 Å². The largest absolute Gasteiger partial charge is 0.494 e. The first-order chi connectivity index (χ1) is 9.04. The summed E-state index contributed by atoms with van der Waals surface area (Å²) in [6.45, 7) is 2.80. The zero-order valence-corrected chi connectivity index (χ0v) is 11.4. The molecule has 1 amide bonds. The number of benzene rings is 1. The van der Waals surface area contributed by atoms with E-state index in [2.05, 4.69) is 0 Å². The minimum Gasteiger partial charge on any atom is -0.494 e. The molecule has 2 N–H and O–H groups in total. The van der Waals surface area contributed by atoms with E-state index in [9.17, 15) is 9.18 Å². The van der Waals surface area contributed by atoms with Gasteiger partial charge in [-0.25, -0.2) is 4.39 Å². The van der Waals surface area contributed by atoms with Gasteiger partial charge in [-0.1, -0.05) is 0 Å². The van der Waals surface area contributed by atoms with Crippen molar-refractivity contribution >= 4 is 5.91 Å². The fourth-order valence-corrected chi connectivity index (χ4v) is 1.52. The highest BCUT2D eigenvalue weighted by Crippen LogP contribution is 2.11. The molecular formula is C14H21FN2O2. The van der Waals surface area contributed by atoms with Crippen molar-refractivity contribution in [3.63, 3.8) is 0 Å². The summed E-state index contributed by atoms with van der Waals surface area (Å²) in [6.07, 6.45) is 1.04. The molecule has 4 nitrogen and oxygen atoms in total. The number of hydrogen-bond acceptors (Lipinski definition) is 3. The second kappa shape index (κ2) is 7.74. The van der Waals surface area contributed by atoms with Crippen LogP contribution in [0.4, 0.5) is 4.39 Å². The van der Waals surface area contributed by atoms with Crippen LogP contribution in [-0.2, 0) is 4.79 Å². The minimum atomic E-state index is -0.292. The first-order valence-corrected chi connectivity index (χ1v) is 6.38. The van der Waals surface area contributed by atoms with Gasteiger partial charge >= 0.3 is 0 Å². The predicted octanol–water partition coefficient (Wildman–Crippen LogP) is 1.79. The summed E-state index contributed by atoms with van der Waals surface area (Å²) in [4.78, 5) is 13.4. The molecule has 0 heterocycles. The summed E-state index contributed by atoms with van der Waals surface area (Å²) in [6, 6.07) is 5.87. The van der Waals surface area contributed by atoms with E-state index in [0.29, 0.717) is 31.7 Å². The van der Waals surface area contributed by atoms with Crippen molar-refractivity contribution in [1.29, 1.82) is 0 Å². The molecule has 1 aromatic carbocycles. The molecular weight excluding hydrogens is 247 g/mol. The van der Waals surface area contributed by atoms with Crippen molar-refractivity contribution in [2.24, 2.45) is 5.73 Å². The van der Waals surface area contributed by atoms with Crippen molar-refractivity contribution < 1.29 is 13.9 Å². The molecule has 0 saturated heterocycles. The van der Waals surface area contributed by atoms with Crippen molar-refractivity contribution in [3.05, 3.63) is 30.1 Å². The number of hydrogen-bond donors (Lipinski definition) is 1. The van der Waals surface area contributed by atoms with Gasteiger partial charge in [0.15, 0.2) is 0 Å². The molecule has 0 fully saturated rings. The molecule has 19 heavy (non-hydrogen) atoms. The van der Waals surface area contributed by atoms with E-state index in [1.54, 1.807) is 24.1 Å². The predicted molar refractivity (Wildman–Crippen MR) is 72.4 cm³/mol. The minimum absolute atomic E-state index is 0.0468. The lowest BCUT2D eigenvalue weighted by Gasteiger charge is -2.23. The Hall–Kier alpha value is -1.62. The van der Waals surface area contributed by atoms with Crippen LogP contribution < -0.4 is 10.5 Å². The molecule has 1 aromatic rings. The van der Waals surface area contributed by atoms with Crippen molar-refractivity contribution in [2.45, 2.75) is 25.8 Å². The van der Waals surface area contributed by atoms with E-state index in [-0.39, 0.29) is 17.8 Å². The Morgan fingerprint density at radius 1 is 1.42 bits per heavy atom. The molecule has 106 valence electrons. The average molecular weight is 268 g/mol. The number of amides is 1. The molecule has 0 saturated carbocycles. The van der Waals surface area contributed by atoms with Crippen LogP contribution in [0, 0.1) is 5.82 Å². The van der Waals surface area contributed by atoms with Crippen LogP contribution >= 0.6 is 0 Å². The quantitative estimate of drug-likeness (QED) is 0.767. The SMILES string of the molecule is CC(CN)N(C)C(=O)CCCOc1ccc(F)cc1. The number of rotatable bonds is 7. The van der Waals surface area contributed by atoms with Gasteiger partial charge in [-0.15, -0.1) is 0 Å². The van der Waals surface area contributed by atoms with Crippen molar-refractivity contribution in [3.8, 4) is 5.75 Å². The third-order valence-corrected chi connectivity index (χ3v) is 3.01. The number of halogens is 1. The van der Waals surface area contributed by atoms with Crippen LogP contribution in [0.1, 0.15) is 19.8 Å². The molecule has 0 spiro atoms. The van der Waals surface area contributed by atoms with Gasteiger partial charge in [0.2, 0.25) is 5.91 Å². The van der Waals surface area contributed by atoms with E-state index in [1.165, 1.54) is 12.1 Å². The van der Waals surface area contributed by atoms with Crippen LogP contribution in [0.3, 0.4) is 0 Å². The van der Waals surface area contributed by atoms with Crippen LogP contribution in [0.15, 0.2) is 24.3 Å². The van der Waals surface area contributed by atoms with Gasteiger partial charge in [-0.3, -0.25) is 4.79 Å². The van der Waals surface area contributed by atoms with Gasteiger partial charge in [-0.2, -0.15) is 0 Å². The van der Waals surface area contributed by atoms with Gasteiger partial charge in [0, 0.05) is 26.1 Å². The maximum absolute atomic E-state index is 12.7. The van der Waals surface area contributed by atoms with Crippen LogP contribution in [0.25, 0.3) is 0 Å². The van der Waals surface area contributed by atoms with Crippen LogP contribution in [0.2, 0.25) is 0 Å². The summed E-state index contributed by atoms with van der Waals surface area (Å²) in [5.74, 6) is 0.373. The summed E-state index contributed by atoms with van der Waals surface area (Å²) < 4.78 is 18.1. The van der Waals surface area contributed by atoms with Gasteiger partial charge in [-0.05, 0) is 37.6 Å². The molecule has 5 heteroatoms. The number of nitrogens with two attached hydrogens (primary N) is 1. The fourth-order valence-electron chi connectivity index (χ4n) is 1.52. The zero-order chi connectivity index (χ0) is 14.3. The Bertz CT molecular complexity index is 395. The van der Waals surface area contributed by atoms with Crippen molar-refractivity contribution in [2.75, 3.05) is 20.2 Å². The first kappa shape index (κ1) is 15.4. The fraction of sp³-hybridized carbons (Fsp3) is 0.500. The normalized spacial score (nSPS) is 12.0. The standard InChI is InChI=1S/C14H21FN2O2/c1-11(10-16)17(2)14(18)4-3-9-19-13-7-5-12(15)6-8-13/h5-8,11H,3-4,9-10,16H2,1-2H3. The Morgan fingerprint density at radius 3 is 2.63 bits per heavy atom. The average Bonchev–Trinajstić information content (AvgIpc) is 2.43. The summed E-state index contributed by atoms with van der Waals surface area (Å²) in [5, 5.41) is 0. The Morgan fingerprint density at radius 2 is 2.05 bits per heavy atom. The highest BCUT2D eigenvalue weighted by atomic mass is 19.1. The monoisotopic (exact) mass is 268 g/mol. The molecule has 0 aliphatic rings. The highest BCUT2D eigenvalue weighted by molar-refractivity contribution is 5.76. The number of carbonyl (C=O) groups is 1. The summed E-state index contributed by atoms with van der Waals surface area (Å²) >= 11 is 0. The number of likely N-dealkylation sites (N-methyl/N-ethyl adjacent to an activating group) is 1. The summed E-state index contributed by atoms with van der Waals surface area (Å²) in [7, 11) is 1.75. The molecule has 0 bridgehead atoms. The van der Waals surface area contributed by atoms with Gasteiger partial charge in [0.05, 0.1) is 6.61 Å². The van der Waals surface area contributed by atoms with E-state index >= 15 is 0 Å². The summed E-state index contributed by atoms with van der Waals surface area (Å²) in [5.41, 5.74) is 5.50. The molecule has 0 aliphatic carbocycles. The van der Waals surface area contributed by atoms with Crippen molar-refractivity contribution in [1.82, 2.24) is 4.90 Å². The van der Waals surface area contributed by atoms with E-state index < -0.39 is 0 Å². The van der Waals surface area contributed by atoms with Crippen LogP contribution in [0.5, 0.6) is 5.75 Å². The first-order valence-electron chi connectivity index (χ1n) is 6.38. The molecule has 0 radical (unpaired) electrons. The maximum Gasteiger partial charge on any atom is 0.222 e. The lowest BCUT2D eigenvalue weighted by Crippen LogP contribution is -2.39.